The van der Waals surface area contributed by atoms with Gasteiger partial charge in [-0.3, -0.25) is 9.78 Å². The molecule has 1 amide bonds. The summed E-state index contributed by atoms with van der Waals surface area (Å²) >= 11 is 0. The number of amides is 1. The van der Waals surface area contributed by atoms with Crippen molar-refractivity contribution in [2.75, 3.05) is 11.9 Å². The number of benzene rings is 1. The molecule has 2 aromatic heterocycles. The molecule has 6 nitrogen and oxygen atoms in total. The second-order valence-electron chi connectivity index (χ2n) is 9.23. The Hall–Kier alpha value is -3.49. The van der Waals surface area contributed by atoms with Crippen LogP contribution in [-0.2, 0) is 6.18 Å². The number of alkyl halides is 3. The Kier molecular flexibility index (Phi) is 7.54. The summed E-state index contributed by atoms with van der Waals surface area (Å²) in [5.41, 5.74) is -0.250. The first-order valence-corrected chi connectivity index (χ1v) is 10.8. The van der Waals surface area contributed by atoms with Gasteiger partial charge in [-0.05, 0) is 53.1 Å². The van der Waals surface area contributed by atoms with Gasteiger partial charge in [0.05, 0.1) is 18.4 Å². The van der Waals surface area contributed by atoms with Gasteiger partial charge in [0.1, 0.15) is 17.3 Å². The third kappa shape index (κ3) is 6.76. The van der Waals surface area contributed by atoms with Gasteiger partial charge >= 0.3 is 6.18 Å². The number of hydrogen-bond acceptors (Lipinski definition) is 5. The Balaban J connectivity index is 1.85. The number of hydrogen-bond donors (Lipinski definition) is 1. The average Bonchev–Trinajstić information content (AvgIpc) is 2.77. The predicted molar refractivity (Wildman–Crippen MR) is 123 cm³/mol. The van der Waals surface area contributed by atoms with Crippen molar-refractivity contribution in [3.8, 4) is 16.9 Å². The minimum Gasteiger partial charge on any atom is -0.492 e. The van der Waals surface area contributed by atoms with E-state index in [2.05, 4.69) is 34.1 Å². The van der Waals surface area contributed by atoms with Crippen LogP contribution in [0.1, 0.15) is 50.2 Å². The number of carbonyl (C=O) groups is 1. The van der Waals surface area contributed by atoms with Gasteiger partial charge in [0.15, 0.2) is 0 Å². The molecule has 0 radical (unpaired) electrons. The molecule has 0 fully saturated rings. The molecule has 1 aromatic carbocycles. The number of nitrogens with one attached hydrogen (secondary N) is 1. The van der Waals surface area contributed by atoms with Crippen molar-refractivity contribution < 1.29 is 22.7 Å². The van der Waals surface area contributed by atoms with Gasteiger partial charge in [-0.25, -0.2) is 9.97 Å². The molecular formula is C25H27F3N4O2. The van der Waals surface area contributed by atoms with E-state index in [0.717, 1.165) is 12.5 Å². The maximum Gasteiger partial charge on any atom is 0.419 e. The van der Waals surface area contributed by atoms with Gasteiger partial charge in [-0.1, -0.05) is 33.8 Å². The van der Waals surface area contributed by atoms with Crippen LogP contribution in [0.3, 0.4) is 0 Å². The van der Waals surface area contributed by atoms with Crippen LogP contribution in [0.4, 0.5) is 19.0 Å². The van der Waals surface area contributed by atoms with E-state index in [1.807, 2.05) is 13.8 Å². The van der Waals surface area contributed by atoms with E-state index >= 15 is 0 Å². The number of rotatable bonds is 8. The first kappa shape index (κ1) is 25.1. The van der Waals surface area contributed by atoms with Gasteiger partial charge < -0.3 is 10.1 Å². The first-order valence-electron chi connectivity index (χ1n) is 10.8. The van der Waals surface area contributed by atoms with Gasteiger partial charge in [0, 0.05) is 18.6 Å². The molecule has 0 atom stereocenters. The number of nitrogens with zero attached hydrogens (tertiary/aromatic N) is 3. The SMILES string of the molecule is CC(C)CC(C)(C)COc1ccc(-c2ccnc(NC(=O)c3cnccn3)c2)cc1C(F)(F)F. The smallest absolute Gasteiger partial charge is 0.419 e. The van der Waals surface area contributed by atoms with Gasteiger partial charge in [0.2, 0.25) is 0 Å². The molecule has 0 spiro atoms. The summed E-state index contributed by atoms with van der Waals surface area (Å²) < 4.78 is 47.2. The molecule has 0 unspecified atom stereocenters. The molecule has 9 heteroatoms. The lowest BCUT2D eigenvalue weighted by Crippen LogP contribution is -2.24. The Labute approximate surface area is 196 Å². The van der Waals surface area contributed by atoms with Gasteiger partial charge in [0.25, 0.3) is 5.91 Å². The fraction of sp³-hybridized carbons (Fsp3) is 0.360. The lowest BCUT2D eigenvalue weighted by molar-refractivity contribution is -0.139. The van der Waals surface area contributed by atoms with E-state index in [-0.39, 0.29) is 29.3 Å². The van der Waals surface area contributed by atoms with Crippen molar-refractivity contribution in [1.29, 1.82) is 0 Å². The molecule has 0 aliphatic carbocycles. The summed E-state index contributed by atoms with van der Waals surface area (Å²) in [5.74, 6) is -0.157. The molecule has 0 aliphatic heterocycles. The molecule has 0 saturated heterocycles. The Bertz CT molecular complexity index is 1130. The van der Waals surface area contributed by atoms with Crippen LogP contribution >= 0.6 is 0 Å². The molecule has 3 aromatic rings. The van der Waals surface area contributed by atoms with Crippen molar-refractivity contribution >= 4 is 11.7 Å². The summed E-state index contributed by atoms with van der Waals surface area (Å²) in [5, 5.41) is 2.58. The maximum atomic E-state index is 13.9. The second kappa shape index (κ2) is 10.2. The average molecular weight is 473 g/mol. The first-order chi connectivity index (χ1) is 15.9. The van der Waals surface area contributed by atoms with E-state index in [9.17, 15) is 18.0 Å². The molecule has 3 rings (SSSR count). The monoisotopic (exact) mass is 472 g/mol. The lowest BCUT2D eigenvalue weighted by Gasteiger charge is -2.27. The number of ether oxygens (including phenoxy) is 1. The Morgan fingerprint density at radius 3 is 2.41 bits per heavy atom. The van der Waals surface area contributed by atoms with Crippen LogP contribution < -0.4 is 10.1 Å². The molecule has 1 N–H and O–H groups in total. The third-order valence-corrected chi connectivity index (χ3v) is 4.99. The van der Waals surface area contributed by atoms with E-state index in [1.165, 1.54) is 36.9 Å². The highest BCUT2D eigenvalue weighted by atomic mass is 19.4. The van der Waals surface area contributed by atoms with Crippen molar-refractivity contribution in [1.82, 2.24) is 15.0 Å². The summed E-state index contributed by atoms with van der Waals surface area (Å²) in [6.07, 6.45) is 1.76. The molecule has 34 heavy (non-hydrogen) atoms. The van der Waals surface area contributed by atoms with E-state index in [1.54, 1.807) is 12.1 Å². The van der Waals surface area contributed by atoms with Crippen LogP contribution in [0, 0.1) is 11.3 Å². The quantitative estimate of drug-likeness (QED) is 0.419. The molecule has 2 heterocycles. The fourth-order valence-corrected chi connectivity index (χ4v) is 3.77. The largest absolute Gasteiger partial charge is 0.492 e. The zero-order valence-corrected chi connectivity index (χ0v) is 19.5. The van der Waals surface area contributed by atoms with Crippen molar-refractivity contribution in [2.24, 2.45) is 11.3 Å². The molecule has 0 saturated carbocycles. The topological polar surface area (TPSA) is 77.0 Å². The minimum absolute atomic E-state index is 0.0935. The second-order valence-corrected chi connectivity index (χ2v) is 9.23. The lowest BCUT2D eigenvalue weighted by atomic mass is 9.85. The Morgan fingerprint density at radius 1 is 1.03 bits per heavy atom. The van der Waals surface area contributed by atoms with E-state index in [0.29, 0.717) is 17.0 Å². The fourth-order valence-electron chi connectivity index (χ4n) is 3.77. The summed E-state index contributed by atoms with van der Waals surface area (Å²) in [4.78, 5) is 24.1. The molecular weight excluding hydrogens is 445 g/mol. The number of halogens is 3. The third-order valence-electron chi connectivity index (χ3n) is 4.99. The van der Waals surface area contributed by atoms with Crippen LogP contribution in [-0.4, -0.2) is 27.5 Å². The Morgan fingerprint density at radius 2 is 1.76 bits per heavy atom. The van der Waals surface area contributed by atoms with Gasteiger partial charge in [-0.2, -0.15) is 13.2 Å². The number of pyridine rings is 1. The van der Waals surface area contributed by atoms with Crippen LogP contribution in [0.15, 0.2) is 55.1 Å². The molecule has 180 valence electrons. The maximum absolute atomic E-state index is 13.9. The summed E-state index contributed by atoms with van der Waals surface area (Å²) in [6, 6.07) is 7.01. The number of carbonyl (C=O) groups excluding carboxylic acids is 1. The van der Waals surface area contributed by atoms with Crippen molar-refractivity contribution in [2.45, 2.75) is 40.3 Å². The minimum atomic E-state index is -4.59. The highest BCUT2D eigenvalue weighted by Gasteiger charge is 2.35. The molecule has 0 bridgehead atoms. The molecule has 0 aliphatic rings. The van der Waals surface area contributed by atoms with Crippen LogP contribution in [0.5, 0.6) is 5.75 Å². The predicted octanol–water partition coefficient (Wildman–Crippen LogP) is 6.26. The van der Waals surface area contributed by atoms with Crippen LogP contribution in [0.25, 0.3) is 11.1 Å². The number of aromatic nitrogens is 3. The highest BCUT2D eigenvalue weighted by Crippen LogP contribution is 2.40. The van der Waals surface area contributed by atoms with E-state index in [4.69, 9.17) is 4.74 Å². The van der Waals surface area contributed by atoms with Crippen molar-refractivity contribution in [3.05, 3.63) is 66.4 Å². The van der Waals surface area contributed by atoms with Crippen LogP contribution in [0.2, 0.25) is 0 Å². The summed E-state index contributed by atoms with van der Waals surface area (Å²) in [7, 11) is 0. The summed E-state index contributed by atoms with van der Waals surface area (Å²) in [6.45, 7) is 8.25. The zero-order valence-electron chi connectivity index (χ0n) is 19.5. The van der Waals surface area contributed by atoms with Crippen molar-refractivity contribution in [3.63, 3.8) is 0 Å². The van der Waals surface area contributed by atoms with Gasteiger partial charge in [-0.15, -0.1) is 0 Å². The normalized spacial score (nSPS) is 12.0. The van der Waals surface area contributed by atoms with E-state index < -0.39 is 17.6 Å². The highest BCUT2D eigenvalue weighted by molar-refractivity contribution is 6.02. The standard InChI is InChI=1S/C25H27F3N4O2/c1-16(2)13-24(3,4)15-34-21-6-5-17(11-19(21)25(26,27)28)18-7-8-31-22(12-18)32-23(33)20-14-29-9-10-30-20/h5-12,14,16H,13,15H2,1-4H3,(H,31,32,33). The number of anilines is 1. The zero-order chi connectivity index (χ0) is 24.9.